The van der Waals surface area contributed by atoms with Crippen molar-refractivity contribution in [3.63, 3.8) is 0 Å². The number of anilines is 2. The fourth-order valence-corrected chi connectivity index (χ4v) is 7.36. The Labute approximate surface area is 209 Å². The molecule has 35 heavy (non-hydrogen) atoms. The molecule has 1 nitrogen and oxygen atoms in total. The van der Waals surface area contributed by atoms with E-state index in [0.29, 0.717) is 0 Å². The van der Waals surface area contributed by atoms with Gasteiger partial charge in [0.1, 0.15) is 0 Å². The first-order valence-electron chi connectivity index (χ1n) is 13.3. The normalized spacial score (nSPS) is 23.2. The van der Waals surface area contributed by atoms with Gasteiger partial charge in [0.15, 0.2) is 0 Å². The fraction of sp³-hybridized carbons (Fsp3) is 0.294. The maximum atomic E-state index is 3.70. The van der Waals surface area contributed by atoms with E-state index in [9.17, 15) is 0 Å². The van der Waals surface area contributed by atoms with Gasteiger partial charge in [-0.05, 0) is 100 Å². The third-order valence-electron chi connectivity index (χ3n) is 9.15. The van der Waals surface area contributed by atoms with Crippen LogP contribution in [0.25, 0.3) is 22.3 Å². The molecular weight excluding hydrogens is 422 g/mol. The minimum atomic E-state index is -0.0290. The van der Waals surface area contributed by atoms with Crippen LogP contribution in [0.1, 0.15) is 62.1 Å². The van der Waals surface area contributed by atoms with E-state index in [4.69, 9.17) is 0 Å². The second-order valence-electron chi connectivity index (χ2n) is 11.5. The molecule has 0 radical (unpaired) electrons. The van der Waals surface area contributed by atoms with E-state index in [-0.39, 0.29) is 5.41 Å². The van der Waals surface area contributed by atoms with Crippen molar-refractivity contribution < 1.29 is 0 Å². The highest BCUT2D eigenvalue weighted by Gasteiger charge is 2.40. The molecule has 0 saturated heterocycles. The zero-order chi connectivity index (χ0) is 23.6. The summed E-state index contributed by atoms with van der Waals surface area (Å²) < 4.78 is 0. The molecule has 2 saturated carbocycles. The number of hydrogen-bond acceptors (Lipinski definition) is 1. The van der Waals surface area contributed by atoms with E-state index in [1.165, 1.54) is 70.4 Å². The molecule has 3 atom stereocenters. The van der Waals surface area contributed by atoms with E-state index in [0.717, 1.165) is 17.8 Å². The van der Waals surface area contributed by atoms with Gasteiger partial charge in [0, 0.05) is 16.8 Å². The summed E-state index contributed by atoms with van der Waals surface area (Å²) in [6.45, 7) is 4.72. The first-order valence-corrected chi connectivity index (χ1v) is 13.3. The molecule has 4 aromatic carbocycles. The number of rotatable bonds is 4. The minimum absolute atomic E-state index is 0.0290. The number of benzene rings is 4. The SMILES string of the molecule is CC1(C)c2cc(Nc3ccc(C4CC5CCC4C5)cc3)ccc2-c2c(-c3ccccc3)cccc21. The van der Waals surface area contributed by atoms with Crippen LogP contribution in [-0.2, 0) is 5.41 Å². The summed E-state index contributed by atoms with van der Waals surface area (Å²) in [6.07, 6.45) is 5.77. The van der Waals surface area contributed by atoms with Crippen molar-refractivity contribution in [2.24, 2.45) is 11.8 Å². The van der Waals surface area contributed by atoms with Crippen LogP contribution in [0, 0.1) is 11.8 Å². The molecule has 1 N–H and O–H groups in total. The van der Waals surface area contributed by atoms with Gasteiger partial charge >= 0.3 is 0 Å². The number of fused-ring (bicyclic) bond motifs is 5. The molecule has 0 aromatic heterocycles. The Balaban J connectivity index is 1.20. The van der Waals surface area contributed by atoms with E-state index in [1.807, 2.05) is 0 Å². The highest BCUT2D eigenvalue weighted by Crippen LogP contribution is 2.54. The van der Waals surface area contributed by atoms with Crippen molar-refractivity contribution in [1.82, 2.24) is 0 Å². The third kappa shape index (κ3) is 3.36. The van der Waals surface area contributed by atoms with Gasteiger partial charge < -0.3 is 5.32 Å². The molecule has 2 bridgehead atoms. The van der Waals surface area contributed by atoms with Crippen molar-refractivity contribution in [3.8, 4) is 22.3 Å². The van der Waals surface area contributed by atoms with Crippen LogP contribution in [0.4, 0.5) is 11.4 Å². The van der Waals surface area contributed by atoms with Crippen LogP contribution in [0.2, 0.25) is 0 Å². The predicted octanol–water partition coefficient (Wildman–Crippen LogP) is 9.31. The lowest BCUT2D eigenvalue weighted by Crippen LogP contribution is -2.15. The second kappa shape index (κ2) is 7.85. The van der Waals surface area contributed by atoms with Gasteiger partial charge in [0.05, 0.1) is 0 Å². The average molecular weight is 456 g/mol. The summed E-state index contributed by atoms with van der Waals surface area (Å²) in [5.41, 5.74) is 12.0. The lowest BCUT2D eigenvalue weighted by molar-refractivity contribution is 0.420. The van der Waals surface area contributed by atoms with Gasteiger partial charge in [-0.3, -0.25) is 0 Å². The van der Waals surface area contributed by atoms with Crippen LogP contribution < -0.4 is 5.32 Å². The minimum Gasteiger partial charge on any atom is -0.356 e. The number of hydrogen-bond donors (Lipinski definition) is 1. The molecule has 0 heterocycles. The third-order valence-corrected chi connectivity index (χ3v) is 9.15. The zero-order valence-corrected chi connectivity index (χ0v) is 20.7. The molecule has 2 fully saturated rings. The monoisotopic (exact) mass is 455 g/mol. The van der Waals surface area contributed by atoms with Crippen molar-refractivity contribution >= 4 is 11.4 Å². The lowest BCUT2D eigenvalue weighted by Gasteiger charge is -2.23. The van der Waals surface area contributed by atoms with E-state index >= 15 is 0 Å². The molecule has 7 rings (SSSR count). The highest BCUT2D eigenvalue weighted by atomic mass is 14.9. The molecule has 3 aliphatic carbocycles. The average Bonchev–Trinajstić information content (AvgIpc) is 3.58. The first-order chi connectivity index (χ1) is 17.1. The Bertz CT molecular complexity index is 1400. The van der Waals surface area contributed by atoms with E-state index in [2.05, 4.69) is 110 Å². The van der Waals surface area contributed by atoms with Gasteiger partial charge in [-0.1, -0.05) is 87.0 Å². The van der Waals surface area contributed by atoms with E-state index < -0.39 is 0 Å². The van der Waals surface area contributed by atoms with Crippen molar-refractivity contribution in [3.05, 3.63) is 108 Å². The first kappa shape index (κ1) is 21.0. The fourth-order valence-electron chi connectivity index (χ4n) is 7.36. The molecular formula is C34H33N. The molecule has 174 valence electrons. The largest absolute Gasteiger partial charge is 0.356 e. The Kier molecular flexibility index (Phi) is 4.71. The summed E-state index contributed by atoms with van der Waals surface area (Å²) in [4.78, 5) is 0. The predicted molar refractivity (Wildman–Crippen MR) is 147 cm³/mol. The molecule has 3 aliphatic rings. The van der Waals surface area contributed by atoms with Crippen LogP contribution in [0.5, 0.6) is 0 Å². The van der Waals surface area contributed by atoms with Gasteiger partial charge in [-0.2, -0.15) is 0 Å². The zero-order valence-electron chi connectivity index (χ0n) is 20.7. The second-order valence-corrected chi connectivity index (χ2v) is 11.5. The molecule has 0 amide bonds. The Hall–Kier alpha value is -3.32. The van der Waals surface area contributed by atoms with Gasteiger partial charge in [-0.25, -0.2) is 0 Å². The molecule has 3 unspecified atom stereocenters. The standard InChI is InChI=1S/C34H33N/c1-34(2)31-10-6-9-28(23-7-4-3-5-8-23)33(31)29-18-17-27(21-32(29)34)35-26-15-13-24(14-16-26)30-20-22-11-12-25(30)19-22/h3-10,13-18,21-22,25,30,35H,11-12,19-20H2,1-2H3. The lowest BCUT2D eigenvalue weighted by atomic mass is 9.82. The van der Waals surface area contributed by atoms with Crippen LogP contribution in [0.15, 0.2) is 91.0 Å². The Morgan fingerprint density at radius 2 is 1.49 bits per heavy atom. The van der Waals surface area contributed by atoms with Crippen LogP contribution in [-0.4, -0.2) is 0 Å². The van der Waals surface area contributed by atoms with Crippen molar-refractivity contribution in [1.29, 1.82) is 0 Å². The summed E-state index contributed by atoms with van der Waals surface area (Å²) in [6, 6.07) is 33.8. The molecule has 0 spiro atoms. The summed E-state index contributed by atoms with van der Waals surface area (Å²) in [5.74, 6) is 2.71. The van der Waals surface area contributed by atoms with Gasteiger partial charge in [0.2, 0.25) is 0 Å². The van der Waals surface area contributed by atoms with E-state index in [1.54, 1.807) is 5.56 Å². The highest BCUT2D eigenvalue weighted by molar-refractivity contribution is 5.93. The van der Waals surface area contributed by atoms with Crippen molar-refractivity contribution in [2.75, 3.05) is 5.32 Å². The maximum absolute atomic E-state index is 3.70. The smallest absolute Gasteiger partial charge is 0.0387 e. The quantitative estimate of drug-likeness (QED) is 0.323. The van der Waals surface area contributed by atoms with Crippen LogP contribution in [0.3, 0.4) is 0 Å². The van der Waals surface area contributed by atoms with Crippen LogP contribution >= 0.6 is 0 Å². The number of nitrogens with one attached hydrogen (secondary N) is 1. The summed E-state index contributed by atoms with van der Waals surface area (Å²) in [7, 11) is 0. The molecule has 0 aliphatic heterocycles. The summed E-state index contributed by atoms with van der Waals surface area (Å²) in [5, 5.41) is 3.70. The maximum Gasteiger partial charge on any atom is 0.0387 e. The summed E-state index contributed by atoms with van der Waals surface area (Å²) >= 11 is 0. The Morgan fingerprint density at radius 1 is 0.686 bits per heavy atom. The molecule has 1 heteroatoms. The topological polar surface area (TPSA) is 12.0 Å². The molecule has 4 aromatic rings. The van der Waals surface area contributed by atoms with Gasteiger partial charge in [0.25, 0.3) is 0 Å². The Morgan fingerprint density at radius 3 is 2.23 bits per heavy atom. The van der Waals surface area contributed by atoms with Gasteiger partial charge in [-0.15, -0.1) is 0 Å². The van der Waals surface area contributed by atoms with Crippen molar-refractivity contribution in [2.45, 2.75) is 50.9 Å².